The van der Waals surface area contributed by atoms with Crippen molar-refractivity contribution in [2.45, 2.75) is 55.9 Å². The van der Waals surface area contributed by atoms with Crippen LogP contribution in [0.5, 0.6) is 0 Å². The van der Waals surface area contributed by atoms with Gasteiger partial charge in [0, 0.05) is 25.2 Å². The quantitative estimate of drug-likeness (QED) is 0.566. The molecule has 3 heteroatoms. The molecule has 0 radical (unpaired) electrons. The second kappa shape index (κ2) is 8.54. The van der Waals surface area contributed by atoms with Crippen molar-refractivity contribution in [3.63, 3.8) is 0 Å². The Labute approximate surface area is 102 Å². The number of alkyl halides is 1. The lowest BCUT2D eigenvalue weighted by molar-refractivity contribution is 0.0293. The normalized spacial score (nSPS) is 28.4. The lowest BCUT2D eigenvalue weighted by Gasteiger charge is -2.25. The van der Waals surface area contributed by atoms with Gasteiger partial charge >= 0.3 is 0 Å². The molecule has 0 saturated heterocycles. The van der Waals surface area contributed by atoms with Crippen LogP contribution in [0.3, 0.4) is 0 Å². The average molecular weight is 279 g/mol. The zero-order chi connectivity index (χ0) is 10.9. The Hall–Kier alpha value is 0.400. The smallest absolute Gasteiger partial charge is 0.0700 e. The maximum atomic E-state index is 5.91. The van der Waals surface area contributed by atoms with Gasteiger partial charge in [0.25, 0.3) is 0 Å². The van der Waals surface area contributed by atoms with Crippen molar-refractivity contribution >= 4 is 15.9 Å². The van der Waals surface area contributed by atoms with Crippen LogP contribution in [0.15, 0.2) is 0 Å². The van der Waals surface area contributed by atoms with E-state index in [4.69, 9.17) is 9.47 Å². The summed E-state index contributed by atoms with van der Waals surface area (Å²) < 4.78 is 10.9. The van der Waals surface area contributed by atoms with E-state index in [2.05, 4.69) is 15.9 Å². The topological polar surface area (TPSA) is 18.5 Å². The van der Waals surface area contributed by atoms with E-state index in [9.17, 15) is 0 Å². The fourth-order valence-electron chi connectivity index (χ4n) is 2.03. The SMILES string of the molecule is COCCCOC1CCCCCCC1Br. The molecule has 0 spiro atoms. The van der Waals surface area contributed by atoms with Crippen molar-refractivity contribution in [1.29, 1.82) is 0 Å². The fourth-order valence-corrected chi connectivity index (χ4v) is 2.77. The summed E-state index contributed by atoms with van der Waals surface area (Å²) in [7, 11) is 1.74. The molecular weight excluding hydrogens is 256 g/mol. The molecule has 1 saturated carbocycles. The lowest BCUT2D eigenvalue weighted by Crippen LogP contribution is -2.26. The van der Waals surface area contributed by atoms with E-state index in [1.54, 1.807) is 7.11 Å². The summed E-state index contributed by atoms with van der Waals surface area (Å²) in [6.07, 6.45) is 9.31. The first-order chi connectivity index (χ1) is 7.34. The highest BCUT2D eigenvalue weighted by Crippen LogP contribution is 2.25. The van der Waals surface area contributed by atoms with Crippen molar-refractivity contribution in [2.75, 3.05) is 20.3 Å². The third kappa shape index (κ3) is 5.88. The molecule has 1 aliphatic carbocycles. The second-order valence-corrected chi connectivity index (χ2v) is 5.44. The minimum atomic E-state index is 0.419. The van der Waals surface area contributed by atoms with Gasteiger partial charge in [-0.1, -0.05) is 41.6 Å². The maximum absolute atomic E-state index is 5.91. The Bertz CT molecular complexity index is 153. The Morgan fingerprint density at radius 2 is 1.80 bits per heavy atom. The number of hydrogen-bond acceptors (Lipinski definition) is 2. The van der Waals surface area contributed by atoms with Gasteiger partial charge in [0.1, 0.15) is 0 Å². The van der Waals surface area contributed by atoms with Crippen LogP contribution in [-0.2, 0) is 9.47 Å². The van der Waals surface area contributed by atoms with Crippen molar-refractivity contribution in [2.24, 2.45) is 0 Å². The Morgan fingerprint density at radius 3 is 2.53 bits per heavy atom. The molecule has 0 amide bonds. The molecule has 0 aromatic heterocycles. The van der Waals surface area contributed by atoms with Gasteiger partial charge < -0.3 is 9.47 Å². The zero-order valence-corrected chi connectivity index (χ0v) is 11.3. The van der Waals surface area contributed by atoms with Gasteiger partial charge in [-0.2, -0.15) is 0 Å². The number of ether oxygens (including phenoxy) is 2. The van der Waals surface area contributed by atoms with Crippen LogP contribution in [0.25, 0.3) is 0 Å². The van der Waals surface area contributed by atoms with Gasteiger partial charge in [0.2, 0.25) is 0 Å². The summed E-state index contributed by atoms with van der Waals surface area (Å²) in [5.74, 6) is 0. The molecule has 0 bridgehead atoms. The molecule has 1 aliphatic rings. The average Bonchev–Trinajstić information content (AvgIpc) is 2.22. The van der Waals surface area contributed by atoms with Crippen molar-refractivity contribution < 1.29 is 9.47 Å². The highest BCUT2D eigenvalue weighted by molar-refractivity contribution is 9.09. The minimum absolute atomic E-state index is 0.419. The van der Waals surface area contributed by atoms with Gasteiger partial charge in [-0.3, -0.25) is 0 Å². The second-order valence-electron chi connectivity index (χ2n) is 4.26. The van der Waals surface area contributed by atoms with Crippen LogP contribution in [0, 0.1) is 0 Å². The molecule has 90 valence electrons. The van der Waals surface area contributed by atoms with Gasteiger partial charge in [-0.25, -0.2) is 0 Å². The molecule has 2 unspecified atom stereocenters. The van der Waals surface area contributed by atoms with E-state index < -0.39 is 0 Å². The van der Waals surface area contributed by atoms with E-state index in [1.165, 1.54) is 38.5 Å². The predicted octanol–water partition coefficient (Wildman–Crippen LogP) is 3.53. The van der Waals surface area contributed by atoms with E-state index in [0.717, 1.165) is 19.6 Å². The molecular formula is C12H23BrO2. The van der Waals surface area contributed by atoms with Crippen molar-refractivity contribution in [3.8, 4) is 0 Å². The summed E-state index contributed by atoms with van der Waals surface area (Å²) in [4.78, 5) is 0.556. The van der Waals surface area contributed by atoms with Crippen LogP contribution < -0.4 is 0 Å². The van der Waals surface area contributed by atoms with Gasteiger partial charge in [0.05, 0.1) is 6.10 Å². The largest absolute Gasteiger partial charge is 0.385 e. The van der Waals surface area contributed by atoms with Crippen LogP contribution in [0.4, 0.5) is 0 Å². The molecule has 0 N–H and O–H groups in total. The molecule has 0 aromatic carbocycles. The molecule has 1 fully saturated rings. The summed E-state index contributed by atoms with van der Waals surface area (Å²) in [5, 5.41) is 0. The Kier molecular flexibility index (Phi) is 7.67. The maximum Gasteiger partial charge on any atom is 0.0700 e. The molecule has 2 nitrogen and oxygen atoms in total. The van der Waals surface area contributed by atoms with Crippen LogP contribution >= 0.6 is 15.9 Å². The first-order valence-corrected chi connectivity index (χ1v) is 7.01. The molecule has 0 heterocycles. The highest BCUT2D eigenvalue weighted by atomic mass is 79.9. The lowest BCUT2D eigenvalue weighted by atomic mass is 9.98. The number of rotatable bonds is 5. The predicted molar refractivity (Wildman–Crippen MR) is 66.7 cm³/mol. The zero-order valence-electron chi connectivity index (χ0n) is 9.71. The summed E-state index contributed by atoms with van der Waals surface area (Å²) in [5.41, 5.74) is 0. The highest BCUT2D eigenvalue weighted by Gasteiger charge is 2.20. The van der Waals surface area contributed by atoms with Crippen LogP contribution in [-0.4, -0.2) is 31.3 Å². The summed E-state index contributed by atoms with van der Waals surface area (Å²) in [6, 6.07) is 0. The summed E-state index contributed by atoms with van der Waals surface area (Å²) >= 11 is 3.75. The van der Waals surface area contributed by atoms with E-state index in [0.29, 0.717) is 10.9 Å². The number of halogens is 1. The molecule has 1 rings (SSSR count). The van der Waals surface area contributed by atoms with Crippen molar-refractivity contribution in [1.82, 2.24) is 0 Å². The fraction of sp³-hybridized carbons (Fsp3) is 1.00. The first-order valence-electron chi connectivity index (χ1n) is 6.09. The van der Waals surface area contributed by atoms with Gasteiger partial charge in [0.15, 0.2) is 0 Å². The van der Waals surface area contributed by atoms with E-state index in [1.807, 2.05) is 0 Å². The van der Waals surface area contributed by atoms with E-state index >= 15 is 0 Å². The van der Waals surface area contributed by atoms with E-state index in [-0.39, 0.29) is 0 Å². The van der Waals surface area contributed by atoms with Crippen LogP contribution in [0.2, 0.25) is 0 Å². The molecule has 15 heavy (non-hydrogen) atoms. The monoisotopic (exact) mass is 278 g/mol. The number of methoxy groups -OCH3 is 1. The van der Waals surface area contributed by atoms with Gasteiger partial charge in [-0.05, 0) is 19.3 Å². The molecule has 0 aromatic rings. The number of hydrogen-bond donors (Lipinski definition) is 0. The molecule has 2 atom stereocenters. The summed E-state index contributed by atoms with van der Waals surface area (Å²) in [6.45, 7) is 1.64. The third-order valence-electron chi connectivity index (χ3n) is 2.95. The minimum Gasteiger partial charge on any atom is -0.385 e. The third-order valence-corrected chi connectivity index (χ3v) is 3.99. The van der Waals surface area contributed by atoms with Crippen molar-refractivity contribution in [3.05, 3.63) is 0 Å². The van der Waals surface area contributed by atoms with Crippen LogP contribution in [0.1, 0.15) is 44.9 Å². The standard InChI is InChI=1S/C12H23BrO2/c1-14-9-6-10-15-12-8-5-3-2-4-7-11(12)13/h11-12H,2-10H2,1H3. The van der Waals surface area contributed by atoms with Gasteiger partial charge in [-0.15, -0.1) is 0 Å². The Morgan fingerprint density at radius 1 is 1.07 bits per heavy atom. The first kappa shape index (κ1) is 13.5. The molecule has 0 aliphatic heterocycles. The Balaban J connectivity index is 2.17.